The Kier molecular flexibility index (Phi) is 6.05. The van der Waals surface area contributed by atoms with E-state index >= 15 is 0 Å². The molecule has 0 unspecified atom stereocenters. The number of rotatable bonds is 7. The predicted molar refractivity (Wildman–Crippen MR) is 92.2 cm³/mol. The number of hydrogen-bond acceptors (Lipinski definition) is 4. The van der Waals surface area contributed by atoms with Crippen LogP contribution in [0.2, 0.25) is 0 Å². The molecule has 2 aromatic carbocycles. The highest BCUT2D eigenvalue weighted by Crippen LogP contribution is 2.15. The van der Waals surface area contributed by atoms with E-state index in [1.54, 1.807) is 42.5 Å². The number of nitro groups is 1. The third-order valence-corrected chi connectivity index (χ3v) is 3.34. The third-order valence-electron chi connectivity index (χ3n) is 3.02. The van der Waals surface area contributed by atoms with Crippen molar-refractivity contribution in [1.29, 1.82) is 0 Å². The molecule has 0 spiro atoms. The first-order valence-corrected chi connectivity index (χ1v) is 7.98. The van der Waals surface area contributed by atoms with Crippen molar-refractivity contribution < 1.29 is 14.5 Å². The van der Waals surface area contributed by atoms with Crippen molar-refractivity contribution in [3.63, 3.8) is 0 Å². The molecule has 0 bridgehead atoms. The van der Waals surface area contributed by atoms with Crippen molar-refractivity contribution in [2.45, 2.75) is 0 Å². The van der Waals surface area contributed by atoms with Gasteiger partial charge in [0.1, 0.15) is 5.75 Å². The molecule has 5 nitrogen and oxygen atoms in total. The van der Waals surface area contributed by atoms with E-state index in [0.717, 1.165) is 10.9 Å². The molecule has 0 N–H and O–H groups in total. The van der Waals surface area contributed by atoms with Crippen LogP contribution in [-0.4, -0.2) is 22.6 Å². The summed E-state index contributed by atoms with van der Waals surface area (Å²) in [4.78, 5) is 22.2. The van der Waals surface area contributed by atoms with Crippen LogP contribution in [0.5, 0.6) is 5.75 Å². The number of nitrogens with zero attached hydrogens (tertiary/aromatic N) is 1. The molecule has 0 aliphatic heterocycles. The number of carbonyl (C=O) groups excluding carboxylic acids is 1. The maximum Gasteiger partial charge on any atom is 0.269 e. The Morgan fingerprint density at radius 2 is 1.78 bits per heavy atom. The molecule has 23 heavy (non-hydrogen) atoms. The van der Waals surface area contributed by atoms with Gasteiger partial charge in [-0.3, -0.25) is 14.9 Å². The average Bonchev–Trinajstić information content (AvgIpc) is 2.58. The van der Waals surface area contributed by atoms with Gasteiger partial charge in [-0.05, 0) is 48.0 Å². The van der Waals surface area contributed by atoms with Crippen LogP contribution in [0.25, 0.3) is 6.08 Å². The molecule has 0 saturated heterocycles. The number of allylic oxidation sites excluding steroid dienone is 1. The zero-order valence-corrected chi connectivity index (χ0v) is 13.7. The summed E-state index contributed by atoms with van der Waals surface area (Å²) in [5.41, 5.74) is 1.29. The number of non-ortho nitro benzene ring substituents is 1. The van der Waals surface area contributed by atoms with Crippen LogP contribution in [0.1, 0.15) is 15.9 Å². The van der Waals surface area contributed by atoms with Crippen LogP contribution in [0.3, 0.4) is 0 Å². The Hall–Kier alpha value is -2.47. The molecular weight excluding hydrogens is 362 g/mol. The second-order valence-electron chi connectivity index (χ2n) is 4.61. The molecule has 118 valence electrons. The minimum absolute atomic E-state index is 0.0209. The smallest absolute Gasteiger partial charge is 0.269 e. The van der Waals surface area contributed by atoms with E-state index < -0.39 is 4.92 Å². The van der Waals surface area contributed by atoms with Crippen LogP contribution in [0.15, 0.2) is 54.6 Å². The topological polar surface area (TPSA) is 69.4 Å². The summed E-state index contributed by atoms with van der Waals surface area (Å²) in [5, 5.41) is 11.3. The second-order valence-corrected chi connectivity index (χ2v) is 5.40. The molecule has 0 aliphatic rings. The Morgan fingerprint density at radius 1 is 1.13 bits per heavy atom. The van der Waals surface area contributed by atoms with E-state index in [-0.39, 0.29) is 11.5 Å². The summed E-state index contributed by atoms with van der Waals surface area (Å²) in [5.74, 6) is 0.566. The van der Waals surface area contributed by atoms with Crippen LogP contribution in [0.4, 0.5) is 5.69 Å². The molecule has 0 aromatic heterocycles. The van der Waals surface area contributed by atoms with Crippen LogP contribution in [0, 0.1) is 10.1 Å². The fourth-order valence-corrected chi connectivity index (χ4v) is 2.01. The minimum atomic E-state index is -0.460. The lowest BCUT2D eigenvalue weighted by Gasteiger charge is -2.04. The minimum Gasteiger partial charge on any atom is -0.493 e. The van der Waals surface area contributed by atoms with E-state index in [9.17, 15) is 14.9 Å². The predicted octanol–water partition coefficient (Wildman–Crippen LogP) is 4.26. The maximum atomic E-state index is 12.1. The summed E-state index contributed by atoms with van der Waals surface area (Å²) in [7, 11) is 0. The van der Waals surface area contributed by atoms with E-state index in [2.05, 4.69) is 15.9 Å². The van der Waals surface area contributed by atoms with Crippen LogP contribution in [-0.2, 0) is 0 Å². The highest BCUT2D eigenvalue weighted by molar-refractivity contribution is 9.09. The van der Waals surface area contributed by atoms with Gasteiger partial charge in [0.25, 0.3) is 5.69 Å². The van der Waals surface area contributed by atoms with Gasteiger partial charge in [0.15, 0.2) is 5.78 Å². The Balaban J connectivity index is 2.01. The number of nitro benzene ring substituents is 1. The molecule has 0 aliphatic carbocycles. The fourth-order valence-electron chi connectivity index (χ4n) is 1.85. The molecule has 0 saturated carbocycles. The zero-order valence-electron chi connectivity index (χ0n) is 12.1. The van der Waals surface area contributed by atoms with Gasteiger partial charge in [0.2, 0.25) is 0 Å². The third kappa shape index (κ3) is 5.03. The summed E-state index contributed by atoms with van der Waals surface area (Å²) < 4.78 is 5.42. The largest absolute Gasteiger partial charge is 0.493 e. The van der Waals surface area contributed by atoms with E-state index in [0.29, 0.717) is 17.9 Å². The summed E-state index contributed by atoms with van der Waals surface area (Å²) in [6, 6.07) is 12.9. The lowest BCUT2D eigenvalue weighted by molar-refractivity contribution is -0.384. The molecule has 0 heterocycles. The van der Waals surface area contributed by atoms with Gasteiger partial charge < -0.3 is 4.74 Å². The normalized spacial score (nSPS) is 10.7. The van der Waals surface area contributed by atoms with Crippen molar-refractivity contribution in [1.82, 2.24) is 0 Å². The first-order chi connectivity index (χ1) is 11.1. The van der Waals surface area contributed by atoms with Gasteiger partial charge in [-0.25, -0.2) is 0 Å². The van der Waals surface area contributed by atoms with Crippen molar-refractivity contribution in [2.24, 2.45) is 0 Å². The molecule has 0 radical (unpaired) electrons. The van der Waals surface area contributed by atoms with Gasteiger partial charge >= 0.3 is 0 Å². The molecule has 2 aromatic rings. The van der Waals surface area contributed by atoms with Crippen LogP contribution >= 0.6 is 15.9 Å². The van der Waals surface area contributed by atoms with Crippen molar-refractivity contribution >= 4 is 33.5 Å². The number of benzene rings is 2. The van der Waals surface area contributed by atoms with Gasteiger partial charge in [0, 0.05) is 23.0 Å². The van der Waals surface area contributed by atoms with Gasteiger partial charge in [-0.15, -0.1) is 0 Å². The number of halogens is 1. The Bertz CT molecular complexity index is 708. The molecular formula is C17H14BrNO4. The number of ketones is 1. The van der Waals surface area contributed by atoms with E-state index in [1.807, 2.05) is 0 Å². The monoisotopic (exact) mass is 375 g/mol. The second kappa shape index (κ2) is 8.24. The quantitative estimate of drug-likeness (QED) is 0.238. The number of ether oxygens (including phenoxy) is 1. The summed E-state index contributed by atoms with van der Waals surface area (Å²) in [6.07, 6.45) is 3.07. The Morgan fingerprint density at radius 3 is 2.35 bits per heavy atom. The molecule has 6 heteroatoms. The number of hydrogen-bond donors (Lipinski definition) is 0. The Labute approximate surface area is 141 Å². The lowest BCUT2D eigenvalue weighted by Crippen LogP contribution is -1.99. The molecule has 0 amide bonds. The SMILES string of the molecule is O=C(/C=C/c1ccc([N+](=O)[O-])cc1)c1ccc(OCCBr)cc1. The summed E-state index contributed by atoms with van der Waals surface area (Å²) >= 11 is 3.27. The summed E-state index contributed by atoms with van der Waals surface area (Å²) in [6.45, 7) is 0.563. The maximum absolute atomic E-state index is 12.1. The van der Waals surface area contributed by atoms with Gasteiger partial charge in [-0.2, -0.15) is 0 Å². The highest BCUT2D eigenvalue weighted by Gasteiger charge is 2.04. The first kappa shape index (κ1) is 16.9. The average molecular weight is 376 g/mol. The van der Waals surface area contributed by atoms with Crippen molar-refractivity contribution in [3.8, 4) is 5.75 Å². The highest BCUT2D eigenvalue weighted by atomic mass is 79.9. The van der Waals surface area contributed by atoms with E-state index in [4.69, 9.17) is 4.74 Å². The lowest BCUT2D eigenvalue weighted by atomic mass is 10.1. The van der Waals surface area contributed by atoms with E-state index in [1.165, 1.54) is 18.2 Å². The van der Waals surface area contributed by atoms with Crippen molar-refractivity contribution in [3.05, 3.63) is 75.8 Å². The van der Waals surface area contributed by atoms with Crippen molar-refractivity contribution in [2.75, 3.05) is 11.9 Å². The molecule has 2 rings (SSSR count). The van der Waals surface area contributed by atoms with Gasteiger partial charge in [-0.1, -0.05) is 22.0 Å². The fraction of sp³-hybridized carbons (Fsp3) is 0.118. The zero-order chi connectivity index (χ0) is 16.7. The number of alkyl halides is 1. The van der Waals surface area contributed by atoms with Gasteiger partial charge in [0.05, 0.1) is 11.5 Å². The molecule has 0 atom stereocenters. The van der Waals surface area contributed by atoms with Crippen LogP contribution < -0.4 is 4.74 Å². The number of carbonyl (C=O) groups is 1. The standard InChI is InChI=1S/C17H14BrNO4/c18-11-12-23-16-8-4-14(5-9-16)17(20)10-3-13-1-6-15(7-2-13)19(21)22/h1-10H,11-12H2/b10-3+. The molecule has 0 fully saturated rings. The first-order valence-electron chi connectivity index (χ1n) is 6.86.